The highest BCUT2D eigenvalue weighted by atomic mass is 79.9. The van der Waals surface area contributed by atoms with Gasteiger partial charge in [-0.2, -0.15) is 0 Å². The van der Waals surface area contributed by atoms with Crippen LogP contribution in [-0.4, -0.2) is 23.1 Å². The first-order chi connectivity index (χ1) is 9.52. The Morgan fingerprint density at radius 3 is 2.45 bits per heavy atom. The second-order valence-electron chi connectivity index (χ2n) is 4.97. The van der Waals surface area contributed by atoms with Crippen LogP contribution < -0.4 is 5.32 Å². The Morgan fingerprint density at radius 1 is 1.30 bits per heavy atom. The van der Waals surface area contributed by atoms with Gasteiger partial charge in [0.2, 0.25) is 0 Å². The Balaban J connectivity index is 2.33. The van der Waals surface area contributed by atoms with Crippen LogP contribution >= 0.6 is 27.3 Å². The van der Waals surface area contributed by atoms with Crippen LogP contribution in [0.2, 0.25) is 0 Å². The minimum absolute atomic E-state index is 0.430. The number of halogens is 1. The molecule has 20 heavy (non-hydrogen) atoms. The normalized spacial score (nSPS) is 12.7. The lowest BCUT2D eigenvalue weighted by molar-refractivity contribution is 0.625. The topological polar surface area (TPSA) is 37.8 Å². The molecule has 0 aliphatic rings. The molecular formula is C15H20BrN3S. The van der Waals surface area contributed by atoms with E-state index in [9.17, 15) is 0 Å². The molecule has 0 radical (unpaired) electrons. The van der Waals surface area contributed by atoms with Crippen molar-refractivity contribution in [2.45, 2.75) is 33.6 Å². The molecule has 2 heterocycles. The summed E-state index contributed by atoms with van der Waals surface area (Å²) in [6.07, 6.45) is 0. The molecule has 0 saturated carbocycles. The molecule has 2 aromatic heterocycles. The van der Waals surface area contributed by atoms with E-state index < -0.39 is 0 Å². The molecule has 3 nitrogen and oxygen atoms in total. The zero-order valence-corrected chi connectivity index (χ0v) is 14.7. The Bertz CT molecular complexity index is 572. The second-order valence-corrected chi connectivity index (χ2v) is 6.80. The maximum atomic E-state index is 4.70. The van der Waals surface area contributed by atoms with E-state index in [0.717, 1.165) is 39.7 Å². The van der Waals surface area contributed by atoms with Crippen molar-refractivity contribution in [3.8, 4) is 10.7 Å². The van der Waals surface area contributed by atoms with Gasteiger partial charge in [0.05, 0.1) is 4.88 Å². The van der Waals surface area contributed by atoms with E-state index in [-0.39, 0.29) is 0 Å². The van der Waals surface area contributed by atoms with Gasteiger partial charge >= 0.3 is 0 Å². The highest BCUT2D eigenvalue weighted by Crippen LogP contribution is 2.30. The number of aryl methyl sites for hydroxylation is 2. The van der Waals surface area contributed by atoms with E-state index >= 15 is 0 Å². The van der Waals surface area contributed by atoms with Crippen LogP contribution in [0.1, 0.15) is 36.7 Å². The number of hydrogen-bond acceptors (Lipinski definition) is 4. The standard InChI is InChI=1S/C15H20BrN3S/c1-5-17-7-9(2)14-10(3)18-15(19-11(14)4)13-6-12(16)8-20-13/h6,8-9,17H,5,7H2,1-4H3. The third-order valence-electron chi connectivity index (χ3n) is 3.31. The maximum absolute atomic E-state index is 4.70. The van der Waals surface area contributed by atoms with Crippen molar-refractivity contribution in [3.63, 3.8) is 0 Å². The summed E-state index contributed by atoms with van der Waals surface area (Å²) in [6, 6.07) is 2.07. The minimum Gasteiger partial charge on any atom is -0.316 e. The number of thiophene rings is 1. The lowest BCUT2D eigenvalue weighted by Gasteiger charge is -2.17. The zero-order valence-electron chi connectivity index (χ0n) is 12.3. The zero-order chi connectivity index (χ0) is 14.7. The summed E-state index contributed by atoms with van der Waals surface area (Å²) in [5.74, 6) is 1.26. The number of aromatic nitrogens is 2. The number of rotatable bonds is 5. The first-order valence-corrected chi connectivity index (χ1v) is 8.50. The number of hydrogen-bond donors (Lipinski definition) is 1. The van der Waals surface area contributed by atoms with Crippen molar-refractivity contribution in [3.05, 3.63) is 32.9 Å². The number of nitrogens with one attached hydrogen (secondary N) is 1. The van der Waals surface area contributed by atoms with Gasteiger partial charge in [0.15, 0.2) is 5.82 Å². The Hall–Kier alpha value is -0.780. The largest absolute Gasteiger partial charge is 0.316 e. The maximum Gasteiger partial charge on any atom is 0.169 e. The van der Waals surface area contributed by atoms with Crippen molar-refractivity contribution in [2.24, 2.45) is 0 Å². The summed E-state index contributed by atoms with van der Waals surface area (Å²) in [6.45, 7) is 10.5. The molecule has 0 aliphatic carbocycles. The first kappa shape index (κ1) is 15.6. The molecule has 1 N–H and O–H groups in total. The molecule has 1 unspecified atom stereocenters. The molecule has 0 amide bonds. The quantitative estimate of drug-likeness (QED) is 0.870. The van der Waals surface area contributed by atoms with Gasteiger partial charge in [-0.1, -0.05) is 13.8 Å². The van der Waals surface area contributed by atoms with Crippen LogP contribution in [0.4, 0.5) is 0 Å². The van der Waals surface area contributed by atoms with E-state index in [0.29, 0.717) is 5.92 Å². The predicted molar refractivity (Wildman–Crippen MR) is 89.5 cm³/mol. The lowest BCUT2D eigenvalue weighted by atomic mass is 9.98. The highest BCUT2D eigenvalue weighted by Gasteiger charge is 2.16. The van der Waals surface area contributed by atoms with Gasteiger partial charge in [-0.3, -0.25) is 0 Å². The summed E-state index contributed by atoms with van der Waals surface area (Å²) in [5.41, 5.74) is 3.44. The summed E-state index contributed by atoms with van der Waals surface area (Å²) in [4.78, 5) is 10.5. The molecule has 0 spiro atoms. The van der Waals surface area contributed by atoms with E-state index in [1.54, 1.807) is 11.3 Å². The van der Waals surface area contributed by atoms with Crippen molar-refractivity contribution in [1.29, 1.82) is 0 Å². The van der Waals surface area contributed by atoms with Gasteiger partial charge in [-0.05, 0) is 53.9 Å². The van der Waals surface area contributed by atoms with Crippen LogP contribution in [0, 0.1) is 13.8 Å². The molecule has 2 aromatic rings. The Morgan fingerprint density at radius 2 is 1.95 bits per heavy atom. The van der Waals surface area contributed by atoms with Crippen molar-refractivity contribution in [1.82, 2.24) is 15.3 Å². The van der Waals surface area contributed by atoms with Crippen LogP contribution in [0.3, 0.4) is 0 Å². The monoisotopic (exact) mass is 353 g/mol. The summed E-state index contributed by atoms with van der Waals surface area (Å²) in [5, 5.41) is 5.45. The van der Waals surface area contributed by atoms with Crippen LogP contribution in [0.15, 0.2) is 15.9 Å². The van der Waals surface area contributed by atoms with E-state index in [1.807, 2.05) is 0 Å². The van der Waals surface area contributed by atoms with E-state index in [2.05, 4.69) is 60.4 Å². The molecule has 0 aromatic carbocycles. The lowest BCUT2D eigenvalue weighted by Crippen LogP contribution is -2.21. The van der Waals surface area contributed by atoms with Crippen LogP contribution in [0.5, 0.6) is 0 Å². The van der Waals surface area contributed by atoms with Crippen molar-refractivity contribution in [2.75, 3.05) is 13.1 Å². The van der Waals surface area contributed by atoms with Gasteiger partial charge in [0, 0.05) is 27.8 Å². The van der Waals surface area contributed by atoms with Gasteiger partial charge in [0.1, 0.15) is 0 Å². The summed E-state index contributed by atoms with van der Waals surface area (Å²) >= 11 is 5.14. The highest BCUT2D eigenvalue weighted by molar-refractivity contribution is 9.10. The van der Waals surface area contributed by atoms with Crippen LogP contribution in [0.25, 0.3) is 10.7 Å². The molecule has 1 atom stereocenters. The van der Waals surface area contributed by atoms with Gasteiger partial charge in [-0.25, -0.2) is 9.97 Å². The predicted octanol–water partition coefficient (Wildman–Crippen LogP) is 4.30. The molecule has 0 bridgehead atoms. The minimum atomic E-state index is 0.430. The first-order valence-electron chi connectivity index (χ1n) is 6.83. The van der Waals surface area contributed by atoms with E-state index in [4.69, 9.17) is 9.97 Å². The molecule has 0 aliphatic heterocycles. The molecule has 0 fully saturated rings. The fourth-order valence-electron chi connectivity index (χ4n) is 2.44. The summed E-state index contributed by atoms with van der Waals surface area (Å²) in [7, 11) is 0. The van der Waals surface area contributed by atoms with E-state index in [1.165, 1.54) is 5.56 Å². The van der Waals surface area contributed by atoms with Crippen molar-refractivity contribution >= 4 is 27.3 Å². The fourth-order valence-corrected chi connectivity index (χ4v) is 3.80. The summed E-state index contributed by atoms with van der Waals surface area (Å²) < 4.78 is 1.08. The average molecular weight is 354 g/mol. The third kappa shape index (κ3) is 3.45. The fraction of sp³-hybridized carbons (Fsp3) is 0.467. The van der Waals surface area contributed by atoms with Gasteiger partial charge in [0.25, 0.3) is 0 Å². The van der Waals surface area contributed by atoms with Gasteiger partial charge in [-0.15, -0.1) is 11.3 Å². The smallest absolute Gasteiger partial charge is 0.169 e. The molecule has 0 saturated heterocycles. The number of likely N-dealkylation sites (N-methyl/N-ethyl adjacent to an activating group) is 1. The molecular weight excluding hydrogens is 334 g/mol. The van der Waals surface area contributed by atoms with Gasteiger partial charge < -0.3 is 5.32 Å². The molecule has 108 valence electrons. The average Bonchev–Trinajstić information content (AvgIpc) is 2.82. The number of nitrogens with zero attached hydrogens (tertiary/aromatic N) is 2. The second kappa shape index (κ2) is 6.78. The third-order valence-corrected chi connectivity index (χ3v) is 4.99. The molecule has 2 rings (SSSR count). The van der Waals surface area contributed by atoms with Crippen molar-refractivity contribution < 1.29 is 0 Å². The molecule has 5 heteroatoms. The van der Waals surface area contributed by atoms with Crippen LogP contribution in [-0.2, 0) is 0 Å². The Labute approximate surface area is 133 Å². The SMILES string of the molecule is CCNCC(C)c1c(C)nc(-c2cc(Br)cs2)nc1C. The Kier molecular flexibility index (Phi) is 5.29.